The second kappa shape index (κ2) is 7.75. The number of ether oxygens (including phenoxy) is 1. The Hall–Kier alpha value is -2.30. The van der Waals surface area contributed by atoms with E-state index in [2.05, 4.69) is 34.0 Å². The van der Waals surface area contributed by atoms with E-state index in [1.807, 2.05) is 19.3 Å². The minimum Gasteiger partial charge on any atom is -0.477 e. The third kappa shape index (κ3) is 4.18. The Balaban J connectivity index is 1.39. The molecule has 0 aliphatic heterocycles. The van der Waals surface area contributed by atoms with Crippen LogP contribution >= 0.6 is 0 Å². The Labute approximate surface area is 160 Å². The molecule has 2 saturated carbocycles. The number of carbonyl (C=O) groups is 1. The van der Waals surface area contributed by atoms with E-state index in [0.29, 0.717) is 48.9 Å². The predicted molar refractivity (Wildman–Crippen MR) is 103 cm³/mol. The Kier molecular flexibility index (Phi) is 5.19. The van der Waals surface area contributed by atoms with Gasteiger partial charge in [0.25, 0.3) is 0 Å². The maximum absolute atomic E-state index is 11.5. The first-order valence-electron chi connectivity index (χ1n) is 10.1. The van der Waals surface area contributed by atoms with E-state index in [4.69, 9.17) is 4.74 Å². The largest absolute Gasteiger partial charge is 0.477 e. The van der Waals surface area contributed by atoms with Gasteiger partial charge in [0.15, 0.2) is 0 Å². The molecule has 0 amide bonds. The summed E-state index contributed by atoms with van der Waals surface area (Å²) in [5, 5.41) is 0. The molecule has 0 unspecified atom stereocenters. The monoisotopic (exact) mass is 365 g/mol. The smallest absolute Gasteiger partial charge is 0.220 e. The summed E-state index contributed by atoms with van der Waals surface area (Å²) in [6.07, 6.45) is 9.09. The number of pyridine rings is 1. The fourth-order valence-corrected chi connectivity index (χ4v) is 3.95. The normalized spacial score (nSPS) is 22.7. The van der Waals surface area contributed by atoms with Crippen molar-refractivity contribution in [2.75, 3.05) is 6.61 Å². The van der Waals surface area contributed by atoms with Crippen LogP contribution in [0.5, 0.6) is 5.88 Å². The minimum atomic E-state index is 0.330. The summed E-state index contributed by atoms with van der Waals surface area (Å²) in [5.74, 6) is 3.13. The zero-order valence-electron chi connectivity index (χ0n) is 16.1. The molecule has 0 saturated heterocycles. The Morgan fingerprint density at radius 2 is 1.96 bits per heavy atom. The molecule has 2 fully saturated rings. The lowest BCUT2D eigenvalue weighted by atomic mass is 9.84. The van der Waals surface area contributed by atoms with Crippen LogP contribution in [-0.2, 0) is 11.2 Å². The van der Waals surface area contributed by atoms with Gasteiger partial charge >= 0.3 is 0 Å². The van der Waals surface area contributed by atoms with Crippen molar-refractivity contribution in [2.24, 2.45) is 5.92 Å². The standard InChI is InChI=1S/C22H27N3O2/c1-3-15-4-9-21(24-11-15)19-10-17(19)13-27-22-20(12-23-14(2)25-22)16-5-7-18(26)8-6-16/h4,9,11-12,16-17,19H,3,5-8,10,13H2,1-2H3/t17-,19-/m1/s1. The molecule has 0 spiro atoms. The van der Waals surface area contributed by atoms with E-state index < -0.39 is 0 Å². The van der Waals surface area contributed by atoms with Crippen molar-refractivity contribution in [1.82, 2.24) is 15.0 Å². The van der Waals surface area contributed by atoms with Crippen molar-refractivity contribution in [3.8, 4) is 5.88 Å². The van der Waals surface area contributed by atoms with Gasteiger partial charge in [-0.3, -0.25) is 9.78 Å². The molecule has 2 atom stereocenters. The highest BCUT2D eigenvalue weighted by Crippen LogP contribution is 2.47. The van der Waals surface area contributed by atoms with E-state index in [9.17, 15) is 4.79 Å². The summed E-state index contributed by atoms with van der Waals surface area (Å²) in [7, 11) is 0. The second-order valence-corrected chi connectivity index (χ2v) is 7.85. The van der Waals surface area contributed by atoms with Gasteiger partial charge in [-0.15, -0.1) is 0 Å². The van der Waals surface area contributed by atoms with Crippen LogP contribution in [0, 0.1) is 12.8 Å². The fourth-order valence-electron chi connectivity index (χ4n) is 3.95. The highest BCUT2D eigenvalue weighted by Gasteiger charge is 2.40. The van der Waals surface area contributed by atoms with Gasteiger partial charge in [0.05, 0.1) is 6.61 Å². The second-order valence-electron chi connectivity index (χ2n) is 7.85. The van der Waals surface area contributed by atoms with E-state index in [1.54, 1.807) is 0 Å². The highest BCUT2D eigenvalue weighted by atomic mass is 16.5. The molecule has 2 heterocycles. The maximum Gasteiger partial charge on any atom is 0.220 e. The molecule has 0 bridgehead atoms. The lowest BCUT2D eigenvalue weighted by molar-refractivity contribution is -0.120. The van der Waals surface area contributed by atoms with Crippen LogP contribution in [0.25, 0.3) is 0 Å². The van der Waals surface area contributed by atoms with Crippen LogP contribution in [0.1, 0.15) is 73.5 Å². The Bertz CT molecular complexity index is 809. The molecule has 27 heavy (non-hydrogen) atoms. The topological polar surface area (TPSA) is 65.0 Å². The molecule has 2 aromatic heterocycles. The van der Waals surface area contributed by atoms with E-state index in [1.165, 1.54) is 11.3 Å². The fraction of sp³-hybridized carbons (Fsp3) is 0.545. The number of carbonyl (C=O) groups excluding carboxylic acids is 1. The van der Waals surface area contributed by atoms with E-state index >= 15 is 0 Å². The summed E-state index contributed by atoms with van der Waals surface area (Å²) in [6, 6.07) is 4.33. The van der Waals surface area contributed by atoms with Gasteiger partial charge in [-0.25, -0.2) is 4.98 Å². The molecule has 2 aliphatic rings. The quantitative estimate of drug-likeness (QED) is 0.769. The number of Topliss-reactive ketones (excluding diaryl/α,β-unsaturated/α-hetero) is 1. The number of rotatable bonds is 6. The van der Waals surface area contributed by atoms with E-state index in [-0.39, 0.29) is 0 Å². The summed E-state index contributed by atoms with van der Waals surface area (Å²) in [6.45, 7) is 4.70. The van der Waals surface area contributed by atoms with Crippen LogP contribution in [-0.4, -0.2) is 27.3 Å². The van der Waals surface area contributed by atoms with Gasteiger partial charge in [0.1, 0.15) is 11.6 Å². The van der Waals surface area contributed by atoms with Gasteiger partial charge in [0.2, 0.25) is 5.88 Å². The SMILES string of the molecule is CCc1ccc([C@@H]2C[C@@H]2COc2nc(C)ncc2C2CCC(=O)CC2)nc1. The Morgan fingerprint density at radius 1 is 1.15 bits per heavy atom. The van der Waals surface area contributed by atoms with Gasteiger partial charge < -0.3 is 4.74 Å². The first-order valence-corrected chi connectivity index (χ1v) is 10.1. The molecule has 0 radical (unpaired) electrons. The van der Waals surface area contributed by atoms with Crippen LogP contribution in [0.4, 0.5) is 0 Å². The lowest BCUT2D eigenvalue weighted by Gasteiger charge is -2.22. The lowest BCUT2D eigenvalue weighted by Crippen LogP contribution is -2.15. The molecule has 5 heteroatoms. The number of hydrogen-bond donors (Lipinski definition) is 0. The van der Waals surface area contributed by atoms with Crippen molar-refractivity contribution >= 4 is 5.78 Å². The number of nitrogens with zero attached hydrogens (tertiary/aromatic N) is 3. The first kappa shape index (κ1) is 18.1. The molecule has 2 aliphatic carbocycles. The molecular weight excluding hydrogens is 338 g/mol. The van der Waals surface area contributed by atoms with Gasteiger partial charge in [-0.2, -0.15) is 4.98 Å². The van der Waals surface area contributed by atoms with Crippen LogP contribution in [0.3, 0.4) is 0 Å². The average Bonchev–Trinajstić information content (AvgIpc) is 3.47. The zero-order valence-corrected chi connectivity index (χ0v) is 16.1. The molecule has 0 N–H and O–H groups in total. The number of aryl methyl sites for hydroxylation is 2. The average molecular weight is 365 g/mol. The van der Waals surface area contributed by atoms with Crippen LogP contribution in [0.15, 0.2) is 24.5 Å². The van der Waals surface area contributed by atoms with Gasteiger partial charge in [-0.05, 0) is 50.2 Å². The Morgan fingerprint density at radius 3 is 2.67 bits per heavy atom. The van der Waals surface area contributed by atoms with Crippen molar-refractivity contribution in [1.29, 1.82) is 0 Å². The van der Waals surface area contributed by atoms with Crippen molar-refractivity contribution in [3.63, 3.8) is 0 Å². The van der Waals surface area contributed by atoms with Crippen molar-refractivity contribution < 1.29 is 9.53 Å². The third-order valence-electron chi connectivity index (χ3n) is 5.88. The van der Waals surface area contributed by atoms with E-state index in [0.717, 1.165) is 37.1 Å². The predicted octanol–water partition coefficient (Wildman–Crippen LogP) is 4.15. The minimum absolute atomic E-state index is 0.330. The first-order chi connectivity index (χ1) is 13.1. The summed E-state index contributed by atoms with van der Waals surface area (Å²) < 4.78 is 6.15. The third-order valence-corrected chi connectivity index (χ3v) is 5.88. The van der Waals surface area contributed by atoms with Gasteiger partial charge in [-0.1, -0.05) is 13.0 Å². The van der Waals surface area contributed by atoms with Crippen LogP contribution in [0.2, 0.25) is 0 Å². The summed E-state index contributed by atoms with van der Waals surface area (Å²) >= 11 is 0. The molecule has 0 aromatic carbocycles. The molecule has 2 aromatic rings. The summed E-state index contributed by atoms with van der Waals surface area (Å²) in [4.78, 5) is 25.1. The van der Waals surface area contributed by atoms with Gasteiger partial charge in [0, 0.05) is 48.3 Å². The molecular formula is C22H27N3O2. The maximum atomic E-state index is 11.5. The van der Waals surface area contributed by atoms with Crippen LogP contribution < -0.4 is 4.74 Å². The summed E-state index contributed by atoms with van der Waals surface area (Å²) in [5.41, 5.74) is 3.51. The molecule has 5 nitrogen and oxygen atoms in total. The zero-order chi connectivity index (χ0) is 18.8. The number of aromatic nitrogens is 3. The molecule has 4 rings (SSSR count). The van der Waals surface area contributed by atoms with Crippen molar-refractivity contribution in [3.05, 3.63) is 47.2 Å². The number of hydrogen-bond acceptors (Lipinski definition) is 5. The van der Waals surface area contributed by atoms with Crippen molar-refractivity contribution in [2.45, 2.75) is 64.2 Å². The number of ketones is 1. The highest BCUT2D eigenvalue weighted by molar-refractivity contribution is 5.79. The molecule has 142 valence electrons.